The Morgan fingerprint density at radius 2 is 1.97 bits per heavy atom. The first-order valence-electron chi connectivity index (χ1n) is 9.38. The van der Waals surface area contributed by atoms with Crippen LogP contribution >= 0.6 is 11.6 Å². The number of nitrogens with one attached hydrogen (secondary N) is 1. The molecule has 1 N–H and O–H groups in total. The highest BCUT2D eigenvalue weighted by Gasteiger charge is 2.15. The molecule has 0 aromatic heterocycles. The summed E-state index contributed by atoms with van der Waals surface area (Å²) < 4.78 is 5.87. The summed E-state index contributed by atoms with van der Waals surface area (Å²) in [5.74, 6) is 0.150. The molecule has 5 heteroatoms. The average molecular weight is 405 g/mol. The number of amides is 1. The van der Waals surface area contributed by atoms with Crippen LogP contribution in [0.2, 0.25) is 5.02 Å². The predicted octanol–water partition coefficient (Wildman–Crippen LogP) is 6.14. The molecule has 0 radical (unpaired) electrons. The maximum absolute atomic E-state index is 12.8. The molecule has 0 aliphatic carbocycles. The first-order chi connectivity index (χ1) is 14.0. The Bertz CT molecular complexity index is 1130. The zero-order chi connectivity index (χ0) is 20.8. The van der Waals surface area contributed by atoms with Crippen LogP contribution in [0.25, 0.3) is 16.8 Å². The van der Waals surface area contributed by atoms with Gasteiger partial charge in [-0.1, -0.05) is 54.9 Å². The van der Waals surface area contributed by atoms with Gasteiger partial charge in [0.05, 0.1) is 6.61 Å². The van der Waals surface area contributed by atoms with Gasteiger partial charge in [0.15, 0.2) is 0 Å². The first kappa shape index (κ1) is 20.4. The lowest BCUT2D eigenvalue weighted by Crippen LogP contribution is -2.14. The molecule has 0 unspecified atom stereocenters. The van der Waals surface area contributed by atoms with E-state index in [4.69, 9.17) is 16.3 Å². The van der Waals surface area contributed by atoms with Gasteiger partial charge in [0.25, 0.3) is 5.91 Å². The zero-order valence-corrected chi connectivity index (χ0v) is 17.1. The number of carbonyl (C=O) groups excluding carboxylic acids is 1. The van der Waals surface area contributed by atoms with Crippen molar-refractivity contribution in [3.63, 3.8) is 0 Å². The first-order valence-corrected chi connectivity index (χ1v) is 9.75. The average Bonchev–Trinajstić information content (AvgIpc) is 2.74. The van der Waals surface area contributed by atoms with Crippen LogP contribution in [0.3, 0.4) is 0 Å². The molecule has 0 atom stereocenters. The van der Waals surface area contributed by atoms with E-state index in [1.54, 1.807) is 24.3 Å². The summed E-state index contributed by atoms with van der Waals surface area (Å²) in [4.78, 5) is 12.8. The fraction of sp³-hybridized carbons (Fsp3) is 0.167. The fourth-order valence-corrected chi connectivity index (χ4v) is 3.16. The molecule has 3 rings (SSSR count). The van der Waals surface area contributed by atoms with Crippen LogP contribution in [0.4, 0.5) is 5.69 Å². The minimum atomic E-state index is -0.493. The Hall–Kier alpha value is -3.29. The molecule has 0 saturated heterocycles. The van der Waals surface area contributed by atoms with Crippen molar-refractivity contribution in [2.45, 2.75) is 20.3 Å². The SMILES string of the molecule is CCCOc1ccc2ccccc2c1/C=C(\C#N)C(=O)Nc1cccc(Cl)c1C. The lowest BCUT2D eigenvalue weighted by molar-refractivity contribution is -0.112. The van der Waals surface area contributed by atoms with Crippen molar-refractivity contribution in [3.8, 4) is 11.8 Å². The summed E-state index contributed by atoms with van der Waals surface area (Å²) >= 11 is 6.13. The third-order valence-electron chi connectivity index (χ3n) is 4.56. The lowest BCUT2D eigenvalue weighted by Gasteiger charge is -2.13. The van der Waals surface area contributed by atoms with Crippen LogP contribution in [0.5, 0.6) is 5.75 Å². The molecule has 0 aliphatic rings. The maximum atomic E-state index is 12.8. The quantitative estimate of drug-likeness (QED) is 0.396. The van der Waals surface area contributed by atoms with E-state index in [1.165, 1.54) is 0 Å². The monoisotopic (exact) mass is 404 g/mol. The van der Waals surface area contributed by atoms with Gasteiger partial charge in [-0.25, -0.2) is 0 Å². The van der Waals surface area contributed by atoms with E-state index in [-0.39, 0.29) is 5.57 Å². The fourth-order valence-electron chi connectivity index (χ4n) is 2.99. The minimum Gasteiger partial charge on any atom is -0.493 e. The van der Waals surface area contributed by atoms with E-state index < -0.39 is 5.91 Å². The number of anilines is 1. The number of fused-ring (bicyclic) bond motifs is 1. The number of nitrogens with zero attached hydrogens (tertiary/aromatic N) is 1. The van der Waals surface area contributed by atoms with E-state index in [0.717, 1.165) is 22.8 Å². The number of hydrogen-bond donors (Lipinski definition) is 1. The summed E-state index contributed by atoms with van der Waals surface area (Å²) in [7, 11) is 0. The second kappa shape index (κ2) is 9.27. The molecule has 29 heavy (non-hydrogen) atoms. The Balaban J connectivity index is 2.04. The van der Waals surface area contributed by atoms with Gasteiger partial charge in [-0.3, -0.25) is 4.79 Å². The van der Waals surface area contributed by atoms with Gasteiger partial charge in [0, 0.05) is 16.3 Å². The van der Waals surface area contributed by atoms with Crippen LogP contribution in [0.1, 0.15) is 24.5 Å². The third-order valence-corrected chi connectivity index (χ3v) is 4.97. The summed E-state index contributed by atoms with van der Waals surface area (Å²) in [6.07, 6.45) is 2.44. The van der Waals surface area contributed by atoms with Gasteiger partial charge in [0.2, 0.25) is 0 Å². The van der Waals surface area contributed by atoms with E-state index in [0.29, 0.717) is 28.6 Å². The summed E-state index contributed by atoms with van der Waals surface area (Å²) in [6.45, 7) is 4.39. The van der Waals surface area contributed by atoms with E-state index in [2.05, 4.69) is 5.32 Å². The summed E-state index contributed by atoms with van der Waals surface area (Å²) in [5, 5.41) is 14.9. The van der Waals surface area contributed by atoms with Gasteiger partial charge in [0.1, 0.15) is 17.4 Å². The van der Waals surface area contributed by atoms with Gasteiger partial charge in [-0.2, -0.15) is 5.26 Å². The van der Waals surface area contributed by atoms with Gasteiger partial charge >= 0.3 is 0 Å². The molecule has 0 heterocycles. The molecule has 0 fully saturated rings. The molecular formula is C24H21ClN2O2. The van der Waals surface area contributed by atoms with Crippen LogP contribution < -0.4 is 10.1 Å². The lowest BCUT2D eigenvalue weighted by atomic mass is 10.0. The summed E-state index contributed by atoms with van der Waals surface area (Å²) in [6, 6.07) is 18.9. The van der Waals surface area contributed by atoms with E-state index >= 15 is 0 Å². The highest BCUT2D eigenvalue weighted by Crippen LogP contribution is 2.31. The number of halogens is 1. The second-order valence-corrected chi connectivity index (χ2v) is 6.99. The van der Waals surface area contributed by atoms with Gasteiger partial charge in [-0.05, 0) is 54.0 Å². The number of hydrogen-bond acceptors (Lipinski definition) is 3. The number of carbonyl (C=O) groups is 1. The Kier molecular flexibility index (Phi) is 6.54. The minimum absolute atomic E-state index is 0.0120. The van der Waals surface area contributed by atoms with Gasteiger partial charge < -0.3 is 10.1 Å². The highest BCUT2D eigenvalue weighted by molar-refractivity contribution is 6.31. The molecule has 0 aliphatic heterocycles. The zero-order valence-electron chi connectivity index (χ0n) is 16.3. The van der Waals surface area contributed by atoms with Crippen LogP contribution in [0.15, 0.2) is 60.2 Å². The van der Waals surface area contributed by atoms with Crippen molar-refractivity contribution in [2.75, 3.05) is 11.9 Å². The molecule has 1 amide bonds. The van der Waals surface area contributed by atoms with Crippen molar-refractivity contribution in [1.29, 1.82) is 5.26 Å². The topological polar surface area (TPSA) is 62.1 Å². The Morgan fingerprint density at radius 3 is 2.72 bits per heavy atom. The van der Waals surface area contributed by atoms with Crippen molar-refractivity contribution in [3.05, 3.63) is 76.3 Å². The van der Waals surface area contributed by atoms with E-state index in [9.17, 15) is 10.1 Å². The smallest absolute Gasteiger partial charge is 0.266 e. The van der Waals surface area contributed by atoms with Crippen molar-refractivity contribution in [2.24, 2.45) is 0 Å². The number of benzene rings is 3. The number of nitriles is 1. The molecular weight excluding hydrogens is 384 g/mol. The number of rotatable bonds is 6. The maximum Gasteiger partial charge on any atom is 0.266 e. The van der Waals surface area contributed by atoms with Crippen molar-refractivity contribution in [1.82, 2.24) is 0 Å². The predicted molar refractivity (Wildman–Crippen MR) is 118 cm³/mol. The van der Waals surface area contributed by atoms with Gasteiger partial charge in [-0.15, -0.1) is 0 Å². The standard InChI is InChI=1S/C24H21ClN2O2/c1-3-13-29-23-12-11-17-7-4-5-8-19(17)20(23)14-18(15-26)24(28)27-22-10-6-9-21(25)16(22)2/h4-12,14H,3,13H2,1-2H3,(H,27,28)/b18-14+. The van der Waals surface area contributed by atoms with Crippen LogP contribution in [-0.2, 0) is 4.79 Å². The van der Waals surface area contributed by atoms with Crippen LogP contribution in [-0.4, -0.2) is 12.5 Å². The number of ether oxygens (including phenoxy) is 1. The molecule has 146 valence electrons. The highest BCUT2D eigenvalue weighted by atomic mass is 35.5. The third kappa shape index (κ3) is 4.59. The largest absolute Gasteiger partial charge is 0.493 e. The molecule has 3 aromatic carbocycles. The Morgan fingerprint density at radius 1 is 1.17 bits per heavy atom. The summed E-state index contributed by atoms with van der Waals surface area (Å²) in [5.41, 5.74) is 2.02. The van der Waals surface area contributed by atoms with Crippen molar-refractivity contribution < 1.29 is 9.53 Å². The normalized spacial score (nSPS) is 11.2. The van der Waals surface area contributed by atoms with Crippen molar-refractivity contribution >= 4 is 40.0 Å². The molecule has 0 saturated carbocycles. The molecule has 0 spiro atoms. The molecule has 3 aromatic rings. The molecule has 4 nitrogen and oxygen atoms in total. The Labute approximate surface area is 175 Å². The van der Waals surface area contributed by atoms with E-state index in [1.807, 2.05) is 56.3 Å². The molecule has 0 bridgehead atoms. The van der Waals surface area contributed by atoms with Crippen LogP contribution in [0, 0.1) is 18.3 Å². The second-order valence-electron chi connectivity index (χ2n) is 6.58.